The van der Waals surface area contributed by atoms with E-state index in [0.717, 1.165) is 0 Å². The number of hydrogen-bond acceptors (Lipinski definition) is 4. The second-order valence-corrected chi connectivity index (χ2v) is 3.80. The molecule has 2 saturated heterocycles. The number of hydrogen-bond donors (Lipinski definition) is 1. The van der Waals surface area contributed by atoms with Crippen molar-refractivity contribution in [3.8, 4) is 0 Å². The Kier molecular flexibility index (Phi) is 1.97. The fraction of sp³-hybridized carbons (Fsp3) is 0.750. The van der Waals surface area contributed by atoms with Crippen molar-refractivity contribution in [2.24, 2.45) is 0 Å². The lowest BCUT2D eigenvalue weighted by atomic mass is 10.1. The van der Waals surface area contributed by atoms with E-state index < -0.39 is 0 Å². The molecule has 2 aliphatic heterocycles. The van der Waals surface area contributed by atoms with Gasteiger partial charge in [-0.1, -0.05) is 0 Å². The number of carbonyl (C=O) groups is 2. The Morgan fingerprint density at radius 3 is 2.57 bits per heavy atom. The molecule has 0 aromatic carbocycles. The molecule has 0 saturated carbocycles. The number of likely N-dealkylation sites (N-methyl/N-ethyl adjacent to an activating group) is 3. The minimum Gasteiger partial charge on any atom is -0.310 e. The van der Waals surface area contributed by atoms with Gasteiger partial charge in [-0.15, -0.1) is 0 Å². The van der Waals surface area contributed by atoms with Crippen LogP contribution in [-0.2, 0) is 4.79 Å². The van der Waals surface area contributed by atoms with Crippen LogP contribution in [0, 0.1) is 0 Å². The molecule has 6 nitrogen and oxygen atoms in total. The molecule has 0 aromatic rings. The van der Waals surface area contributed by atoms with Crippen LogP contribution in [0.3, 0.4) is 0 Å². The van der Waals surface area contributed by atoms with Gasteiger partial charge >= 0.3 is 6.03 Å². The summed E-state index contributed by atoms with van der Waals surface area (Å²) in [6.07, 6.45) is -0.184. The van der Waals surface area contributed by atoms with Crippen LogP contribution in [-0.4, -0.2) is 66.7 Å². The molecule has 0 spiro atoms. The number of fused-ring (bicyclic) bond motifs is 1. The van der Waals surface area contributed by atoms with Crippen molar-refractivity contribution in [2.75, 3.05) is 27.8 Å². The van der Waals surface area contributed by atoms with E-state index in [1.165, 1.54) is 11.9 Å². The third-order valence-corrected chi connectivity index (χ3v) is 2.91. The fourth-order valence-electron chi connectivity index (χ4n) is 2.01. The van der Waals surface area contributed by atoms with Gasteiger partial charge in [0.2, 0.25) is 0 Å². The lowest BCUT2D eigenvalue weighted by molar-refractivity contribution is -0.136. The summed E-state index contributed by atoms with van der Waals surface area (Å²) >= 11 is 0. The summed E-state index contributed by atoms with van der Waals surface area (Å²) < 4.78 is 0. The highest BCUT2D eigenvalue weighted by Gasteiger charge is 2.48. The smallest absolute Gasteiger partial charge is 0.310 e. The van der Waals surface area contributed by atoms with Gasteiger partial charge in [0.05, 0.1) is 6.67 Å². The van der Waals surface area contributed by atoms with Crippen LogP contribution in [0.5, 0.6) is 0 Å². The highest BCUT2D eigenvalue weighted by molar-refractivity contribution is 6.00. The largest absolute Gasteiger partial charge is 0.327 e. The molecule has 14 heavy (non-hydrogen) atoms. The first-order valence-corrected chi connectivity index (χ1v) is 4.52. The van der Waals surface area contributed by atoms with E-state index in [1.54, 1.807) is 11.9 Å². The summed E-state index contributed by atoms with van der Waals surface area (Å²) in [5.41, 5.74) is 0. The number of amides is 3. The number of nitrogens with one attached hydrogen (secondary N) is 1. The lowest BCUT2D eigenvalue weighted by Gasteiger charge is -2.39. The van der Waals surface area contributed by atoms with Crippen LogP contribution in [0.25, 0.3) is 0 Å². The van der Waals surface area contributed by atoms with Gasteiger partial charge in [-0.05, 0) is 7.05 Å². The first-order chi connectivity index (χ1) is 6.54. The Balaban J connectivity index is 2.32. The zero-order chi connectivity index (χ0) is 10.5. The topological polar surface area (TPSA) is 55.9 Å². The Hall–Kier alpha value is -1.14. The van der Waals surface area contributed by atoms with Crippen LogP contribution in [0.15, 0.2) is 0 Å². The molecular formula is C8H14N4O2. The molecule has 6 heteroatoms. The van der Waals surface area contributed by atoms with Gasteiger partial charge in [-0.3, -0.25) is 19.9 Å². The predicted molar refractivity (Wildman–Crippen MR) is 49.3 cm³/mol. The average Bonchev–Trinajstić information content (AvgIpc) is 2.54. The molecule has 2 fully saturated rings. The molecule has 2 rings (SSSR count). The van der Waals surface area contributed by atoms with Gasteiger partial charge in [-0.25, -0.2) is 4.79 Å². The highest BCUT2D eigenvalue weighted by atomic mass is 16.2. The van der Waals surface area contributed by atoms with E-state index in [2.05, 4.69) is 5.32 Å². The molecule has 0 aromatic heterocycles. The minimum absolute atomic E-state index is 0.134. The van der Waals surface area contributed by atoms with Gasteiger partial charge in [0.15, 0.2) is 0 Å². The predicted octanol–water partition coefficient (Wildman–Crippen LogP) is -1.30. The van der Waals surface area contributed by atoms with Crippen LogP contribution in [0.4, 0.5) is 4.79 Å². The maximum Gasteiger partial charge on any atom is 0.327 e. The van der Waals surface area contributed by atoms with Crippen molar-refractivity contribution in [1.29, 1.82) is 0 Å². The second-order valence-electron chi connectivity index (χ2n) is 3.80. The Morgan fingerprint density at radius 2 is 1.93 bits per heavy atom. The molecule has 0 radical (unpaired) electrons. The molecule has 1 N–H and O–H groups in total. The molecule has 0 bridgehead atoms. The second kappa shape index (κ2) is 2.93. The normalized spacial score (nSPS) is 33.9. The van der Waals surface area contributed by atoms with Gasteiger partial charge in [-0.2, -0.15) is 0 Å². The maximum atomic E-state index is 11.8. The Morgan fingerprint density at radius 1 is 1.29 bits per heavy atom. The Bertz CT molecular complexity index is 293. The highest BCUT2D eigenvalue weighted by Crippen LogP contribution is 2.20. The first-order valence-electron chi connectivity index (χ1n) is 4.52. The quantitative estimate of drug-likeness (QED) is 0.525. The molecule has 2 aliphatic rings. The maximum absolute atomic E-state index is 11.8. The van der Waals surface area contributed by atoms with Crippen LogP contribution in [0.1, 0.15) is 0 Å². The minimum atomic E-state index is -0.251. The summed E-state index contributed by atoms with van der Waals surface area (Å²) in [4.78, 5) is 28.0. The SMILES string of the molecule is CN1C(=O)[C@H]2[C@@H](NCN2C)N(C)C1=O. The van der Waals surface area contributed by atoms with Gasteiger partial charge in [0.25, 0.3) is 5.91 Å². The van der Waals surface area contributed by atoms with Crippen molar-refractivity contribution in [1.82, 2.24) is 20.0 Å². The van der Waals surface area contributed by atoms with Crippen LogP contribution in [0.2, 0.25) is 0 Å². The number of urea groups is 1. The average molecular weight is 198 g/mol. The third-order valence-electron chi connectivity index (χ3n) is 2.91. The zero-order valence-corrected chi connectivity index (χ0v) is 8.52. The number of imide groups is 1. The molecular weight excluding hydrogens is 184 g/mol. The van der Waals surface area contributed by atoms with E-state index in [-0.39, 0.29) is 24.1 Å². The van der Waals surface area contributed by atoms with E-state index in [0.29, 0.717) is 6.67 Å². The number of carbonyl (C=O) groups excluding carboxylic acids is 2. The zero-order valence-electron chi connectivity index (χ0n) is 8.52. The number of nitrogens with zero attached hydrogens (tertiary/aromatic N) is 3. The monoisotopic (exact) mass is 198 g/mol. The first kappa shape index (κ1) is 9.42. The van der Waals surface area contributed by atoms with Crippen molar-refractivity contribution >= 4 is 11.9 Å². The molecule has 2 heterocycles. The summed E-state index contributed by atoms with van der Waals surface area (Å²) in [5, 5.41) is 3.12. The molecule has 3 amide bonds. The standard InChI is InChI=1S/C8H14N4O2/c1-10-4-9-6-5(10)7(13)12(3)8(14)11(6)2/h5-6,9H,4H2,1-3H3/t5-,6+/m1/s1. The van der Waals surface area contributed by atoms with Crippen LogP contribution < -0.4 is 5.32 Å². The third kappa shape index (κ3) is 1.04. The lowest BCUT2D eigenvalue weighted by Crippen LogP contribution is -2.64. The number of rotatable bonds is 0. The van der Waals surface area contributed by atoms with Gasteiger partial charge < -0.3 is 4.90 Å². The summed E-state index contributed by atoms with van der Waals surface area (Å²) in [7, 11) is 5.09. The molecule has 0 aliphatic carbocycles. The fourth-order valence-corrected chi connectivity index (χ4v) is 2.01. The van der Waals surface area contributed by atoms with E-state index in [4.69, 9.17) is 0 Å². The molecule has 78 valence electrons. The molecule has 2 atom stereocenters. The van der Waals surface area contributed by atoms with Crippen molar-refractivity contribution in [2.45, 2.75) is 12.2 Å². The van der Waals surface area contributed by atoms with Gasteiger partial charge in [0, 0.05) is 14.1 Å². The van der Waals surface area contributed by atoms with Crippen molar-refractivity contribution < 1.29 is 9.59 Å². The van der Waals surface area contributed by atoms with E-state index in [9.17, 15) is 9.59 Å². The van der Waals surface area contributed by atoms with Gasteiger partial charge in [0.1, 0.15) is 12.2 Å². The van der Waals surface area contributed by atoms with Crippen LogP contribution >= 0.6 is 0 Å². The summed E-state index contributed by atoms with van der Waals surface area (Å²) in [6, 6.07) is -0.498. The summed E-state index contributed by atoms with van der Waals surface area (Å²) in [5.74, 6) is -0.134. The van der Waals surface area contributed by atoms with Crippen molar-refractivity contribution in [3.63, 3.8) is 0 Å². The van der Waals surface area contributed by atoms with Crippen molar-refractivity contribution in [3.05, 3.63) is 0 Å². The summed E-state index contributed by atoms with van der Waals surface area (Å²) in [6.45, 7) is 0.631. The van der Waals surface area contributed by atoms with E-state index in [1.807, 2.05) is 11.9 Å². The molecule has 0 unspecified atom stereocenters. The Labute approximate surface area is 82.4 Å². The van der Waals surface area contributed by atoms with E-state index >= 15 is 0 Å².